The molecule has 4 heteroatoms. The summed E-state index contributed by atoms with van der Waals surface area (Å²) in [7, 11) is -2.89. The molecule has 1 aromatic heterocycles. The predicted octanol–water partition coefficient (Wildman–Crippen LogP) is 7.57. The molecule has 0 spiro atoms. The molecule has 0 aliphatic heterocycles. The van der Waals surface area contributed by atoms with E-state index >= 15 is 0 Å². The van der Waals surface area contributed by atoms with E-state index in [0.717, 1.165) is 43.8 Å². The van der Waals surface area contributed by atoms with Gasteiger partial charge >= 0.3 is 0 Å². The summed E-state index contributed by atoms with van der Waals surface area (Å²) in [6, 6.07) is 66.2. The highest BCUT2D eigenvalue weighted by Crippen LogP contribution is 2.36. The predicted molar refractivity (Wildman–Crippen MR) is 199 cm³/mol. The standard InChI is InChI=1S/C44H29N3Si/c45-30-32-23-28-43-40(29-32)39-19-9-11-21-42(39)47(43)41-20-10-8-18-38(41)33-24-26-37(27-25-33)48(35-14-3-1-4-15-35,36-16-5-2-6-17-36)44-22-12-7-13-34(44)31-46/h1-29H. The Hall–Kier alpha value is -6.46. The first-order chi connectivity index (χ1) is 23.7. The van der Waals surface area contributed by atoms with Gasteiger partial charge in [-0.2, -0.15) is 10.5 Å². The fourth-order valence-corrected chi connectivity index (χ4v) is 12.2. The largest absolute Gasteiger partial charge is 0.309 e. The van der Waals surface area contributed by atoms with E-state index in [1.807, 2.05) is 24.3 Å². The zero-order valence-corrected chi connectivity index (χ0v) is 27.1. The Labute approximate surface area is 280 Å². The Bertz CT molecular complexity index is 2480. The second kappa shape index (κ2) is 12.0. The van der Waals surface area contributed by atoms with E-state index in [0.29, 0.717) is 11.1 Å². The van der Waals surface area contributed by atoms with Gasteiger partial charge in [0.15, 0.2) is 8.07 Å². The molecule has 8 rings (SSSR count). The van der Waals surface area contributed by atoms with E-state index < -0.39 is 8.07 Å². The molecule has 0 aliphatic carbocycles. The highest BCUT2D eigenvalue weighted by Gasteiger charge is 2.42. The minimum Gasteiger partial charge on any atom is -0.309 e. The van der Waals surface area contributed by atoms with E-state index in [9.17, 15) is 10.5 Å². The number of aromatic nitrogens is 1. The third kappa shape index (κ3) is 4.55. The summed E-state index contributed by atoms with van der Waals surface area (Å²) in [6.07, 6.45) is 0. The van der Waals surface area contributed by atoms with Crippen molar-refractivity contribution in [2.45, 2.75) is 0 Å². The van der Waals surface area contributed by atoms with Gasteiger partial charge in [-0.25, -0.2) is 0 Å². The van der Waals surface area contributed by atoms with E-state index in [1.54, 1.807) is 0 Å². The molecule has 7 aromatic carbocycles. The van der Waals surface area contributed by atoms with E-state index in [1.165, 1.54) is 15.6 Å². The lowest BCUT2D eigenvalue weighted by Crippen LogP contribution is -2.75. The van der Waals surface area contributed by atoms with Crippen LogP contribution in [0.3, 0.4) is 0 Å². The van der Waals surface area contributed by atoms with Crippen molar-refractivity contribution in [2.75, 3.05) is 0 Å². The maximum atomic E-state index is 10.4. The van der Waals surface area contributed by atoms with Gasteiger partial charge < -0.3 is 4.57 Å². The van der Waals surface area contributed by atoms with Crippen molar-refractivity contribution in [2.24, 2.45) is 0 Å². The van der Waals surface area contributed by atoms with Gasteiger partial charge in [0.2, 0.25) is 0 Å². The summed E-state index contributed by atoms with van der Waals surface area (Å²) in [4.78, 5) is 0. The summed E-state index contributed by atoms with van der Waals surface area (Å²) in [5.41, 5.74) is 6.80. The summed E-state index contributed by atoms with van der Waals surface area (Å²) >= 11 is 0. The number of hydrogen-bond acceptors (Lipinski definition) is 2. The first kappa shape index (κ1) is 29.0. The van der Waals surface area contributed by atoms with Crippen molar-refractivity contribution in [1.82, 2.24) is 4.57 Å². The van der Waals surface area contributed by atoms with Crippen LogP contribution in [0, 0.1) is 22.7 Å². The number of nitrogens with zero attached hydrogens (tertiary/aromatic N) is 3. The van der Waals surface area contributed by atoms with Crippen LogP contribution < -0.4 is 20.7 Å². The number of fused-ring (bicyclic) bond motifs is 3. The second-order valence-electron chi connectivity index (χ2n) is 11.9. The molecule has 1 heterocycles. The number of nitriles is 2. The summed E-state index contributed by atoms with van der Waals surface area (Å²) < 4.78 is 2.31. The van der Waals surface area contributed by atoms with Crippen LogP contribution in [0.5, 0.6) is 0 Å². The first-order valence-corrected chi connectivity index (χ1v) is 18.0. The second-order valence-corrected chi connectivity index (χ2v) is 15.7. The van der Waals surface area contributed by atoms with Gasteiger partial charge in [-0.3, -0.25) is 0 Å². The van der Waals surface area contributed by atoms with Crippen molar-refractivity contribution < 1.29 is 0 Å². The van der Waals surface area contributed by atoms with Crippen LogP contribution in [0.25, 0.3) is 38.6 Å². The summed E-state index contributed by atoms with van der Waals surface area (Å²) in [5, 5.41) is 27.0. The third-order valence-electron chi connectivity index (χ3n) is 9.44. The molecule has 0 unspecified atom stereocenters. The number of benzene rings is 7. The normalized spacial score (nSPS) is 11.3. The Morgan fingerprint density at radius 1 is 0.458 bits per heavy atom. The molecule has 48 heavy (non-hydrogen) atoms. The molecule has 0 bridgehead atoms. The van der Waals surface area contributed by atoms with E-state index in [4.69, 9.17) is 0 Å². The Morgan fingerprint density at radius 2 is 1.04 bits per heavy atom. The maximum Gasteiger partial charge on any atom is 0.180 e. The molecule has 0 saturated heterocycles. The molecule has 0 aliphatic rings. The molecule has 0 saturated carbocycles. The third-order valence-corrected chi connectivity index (χ3v) is 14.3. The van der Waals surface area contributed by atoms with Crippen LogP contribution in [0.4, 0.5) is 0 Å². The molecule has 3 nitrogen and oxygen atoms in total. The molecular formula is C44H29N3Si. The summed E-state index contributed by atoms with van der Waals surface area (Å²) in [5.74, 6) is 0. The quantitative estimate of drug-likeness (QED) is 0.141. The van der Waals surface area contributed by atoms with Crippen molar-refractivity contribution in [1.29, 1.82) is 10.5 Å². The molecule has 0 atom stereocenters. The van der Waals surface area contributed by atoms with E-state index in [-0.39, 0.29) is 0 Å². The van der Waals surface area contributed by atoms with Crippen molar-refractivity contribution >= 4 is 50.6 Å². The van der Waals surface area contributed by atoms with Gasteiger partial charge in [0.25, 0.3) is 0 Å². The van der Waals surface area contributed by atoms with Crippen molar-refractivity contribution in [3.05, 3.63) is 187 Å². The monoisotopic (exact) mass is 627 g/mol. The summed E-state index contributed by atoms with van der Waals surface area (Å²) in [6.45, 7) is 0. The van der Waals surface area contributed by atoms with Gasteiger partial charge in [0.05, 0.1) is 40.0 Å². The van der Waals surface area contributed by atoms with Gasteiger partial charge in [-0.15, -0.1) is 0 Å². The lowest BCUT2D eigenvalue weighted by Gasteiger charge is -2.35. The van der Waals surface area contributed by atoms with Gasteiger partial charge in [-0.05, 0) is 62.7 Å². The highest BCUT2D eigenvalue weighted by atomic mass is 28.3. The number of para-hydroxylation sites is 2. The van der Waals surface area contributed by atoms with Gasteiger partial charge in [-0.1, -0.05) is 140 Å². The highest BCUT2D eigenvalue weighted by molar-refractivity contribution is 7.20. The van der Waals surface area contributed by atoms with Gasteiger partial charge in [0.1, 0.15) is 0 Å². The molecule has 0 amide bonds. The van der Waals surface area contributed by atoms with Crippen LogP contribution >= 0.6 is 0 Å². The van der Waals surface area contributed by atoms with Crippen LogP contribution in [0.15, 0.2) is 176 Å². The topological polar surface area (TPSA) is 52.5 Å². The lowest BCUT2D eigenvalue weighted by atomic mass is 10.0. The van der Waals surface area contributed by atoms with Crippen LogP contribution in [0.1, 0.15) is 11.1 Å². The van der Waals surface area contributed by atoms with Gasteiger partial charge in [0, 0.05) is 16.3 Å². The Kier molecular flexibility index (Phi) is 7.27. The molecule has 8 aromatic rings. The molecule has 0 N–H and O–H groups in total. The maximum absolute atomic E-state index is 10.4. The lowest BCUT2D eigenvalue weighted by molar-refractivity contribution is 1.18. The molecule has 0 fully saturated rings. The minimum absolute atomic E-state index is 0.650. The smallest absolute Gasteiger partial charge is 0.180 e. The zero-order chi connectivity index (χ0) is 32.5. The van der Waals surface area contributed by atoms with Crippen LogP contribution in [0.2, 0.25) is 0 Å². The van der Waals surface area contributed by atoms with Crippen LogP contribution in [-0.2, 0) is 0 Å². The molecular weight excluding hydrogens is 599 g/mol. The SMILES string of the molecule is N#Cc1ccc2c(c1)c1ccccc1n2-c1ccccc1-c1ccc([Si](c2ccccc2)(c2ccccc2)c2ccccc2C#N)cc1. The zero-order valence-electron chi connectivity index (χ0n) is 26.1. The fraction of sp³-hybridized carbons (Fsp3) is 0. The number of hydrogen-bond donors (Lipinski definition) is 0. The Balaban J connectivity index is 1.36. The Morgan fingerprint density at radius 3 is 1.75 bits per heavy atom. The average Bonchev–Trinajstić information content (AvgIpc) is 3.50. The van der Waals surface area contributed by atoms with E-state index in [2.05, 4.69) is 168 Å². The fourth-order valence-electron chi connectivity index (χ4n) is 7.36. The van der Waals surface area contributed by atoms with Crippen molar-refractivity contribution in [3.63, 3.8) is 0 Å². The molecule has 0 radical (unpaired) electrons. The first-order valence-electron chi connectivity index (χ1n) is 16.0. The number of rotatable bonds is 6. The van der Waals surface area contributed by atoms with Crippen molar-refractivity contribution in [3.8, 4) is 29.0 Å². The average molecular weight is 628 g/mol. The van der Waals surface area contributed by atoms with Crippen LogP contribution in [-0.4, -0.2) is 12.6 Å². The minimum atomic E-state index is -2.89. The molecule has 224 valence electrons.